The number of rotatable bonds is 5. The van der Waals surface area contributed by atoms with E-state index in [1.807, 2.05) is 6.92 Å². The summed E-state index contributed by atoms with van der Waals surface area (Å²) in [7, 11) is 0. The molecule has 0 saturated carbocycles. The normalized spacial score (nSPS) is 12.8. The number of hydrogen-bond donors (Lipinski definition) is 1. The van der Waals surface area contributed by atoms with Gasteiger partial charge < -0.3 is 10.5 Å². The van der Waals surface area contributed by atoms with Gasteiger partial charge >= 0.3 is 5.97 Å². The van der Waals surface area contributed by atoms with Crippen LogP contribution in [-0.4, -0.2) is 18.0 Å². The fourth-order valence-electron chi connectivity index (χ4n) is 0.853. The van der Waals surface area contributed by atoms with Gasteiger partial charge in [-0.2, -0.15) is 0 Å². The lowest BCUT2D eigenvalue weighted by Crippen LogP contribution is -2.13. The lowest BCUT2D eigenvalue weighted by Gasteiger charge is -2.09. The number of nitrogens with two attached hydrogens (primary N) is 1. The third-order valence-corrected chi connectivity index (χ3v) is 1.40. The zero-order valence-electron chi connectivity index (χ0n) is 7.95. The molecule has 0 aromatic heterocycles. The molecule has 4 heteroatoms. The topological polar surface area (TPSA) is 69.4 Å². The second kappa shape index (κ2) is 6.22. The van der Waals surface area contributed by atoms with Crippen molar-refractivity contribution in [2.24, 2.45) is 5.73 Å². The molecule has 0 aliphatic rings. The van der Waals surface area contributed by atoms with Gasteiger partial charge in [0.05, 0.1) is 6.10 Å². The first-order valence-electron chi connectivity index (χ1n) is 4.24. The van der Waals surface area contributed by atoms with E-state index in [4.69, 9.17) is 10.5 Å². The van der Waals surface area contributed by atoms with Gasteiger partial charge in [0, 0.05) is 12.2 Å². The molecular formula is C9H15NO3. The van der Waals surface area contributed by atoms with Crippen LogP contribution < -0.4 is 5.73 Å². The summed E-state index contributed by atoms with van der Waals surface area (Å²) in [5.74, 6) is -1.18. The number of amides is 1. The summed E-state index contributed by atoms with van der Waals surface area (Å²) < 4.78 is 4.91. The largest absolute Gasteiger partial charge is 0.460 e. The highest BCUT2D eigenvalue weighted by molar-refractivity contribution is 5.93. The summed E-state index contributed by atoms with van der Waals surface area (Å²) in [6.07, 6.45) is 3.68. The van der Waals surface area contributed by atoms with Crippen LogP contribution in [0.15, 0.2) is 12.2 Å². The summed E-state index contributed by atoms with van der Waals surface area (Å²) in [6.45, 7) is 3.81. The molecular weight excluding hydrogens is 170 g/mol. The smallest absolute Gasteiger partial charge is 0.331 e. The molecule has 0 aromatic rings. The quantitative estimate of drug-likeness (QED) is 0.507. The molecule has 0 fully saturated rings. The molecule has 1 amide bonds. The molecule has 1 atom stereocenters. The minimum absolute atomic E-state index is 0.116. The standard InChI is InChI=1S/C9H15NO3/c1-3-4-7(2)13-9(12)6-5-8(10)11/h5-7H,3-4H2,1-2H3,(H2,10,11)/b6-5-. The van der Waals surface area contributed by atoms with Gasteiger partial charge in [0.2, 0.25) is 5.91 Å². The van der Waals surface area contributed by atoms with E-state index in [2.05, 4.69) is 0 Å². The number of esters is 1. The van der Waals surface area contributed by atoms with E-state index in [-0.39, 0.29) is 6.10 Å². The molecule has 0 radical (unpaired) electrons. The first kappa shape index (κ1) is 11.7. The maximum atomic E-state index is 10.9. The molecule has 0 spiro atoms. The molecule has 74 valence electrons. The van der Waals surface area contributed by atoms with Crippen molar-refractivity contribution >= 4 is 11.9 Å². The number of carbonyl (C=O) groups is 2. The van der Waals surface area contributed by atoms with Crippen molar-refractivity contribution < 1.29 is 14.3 Å². The zero-order chi connectivity index (χ0) is 10.3. The summed E-state index contributed by atoms with van der Waals surface area (Å²) >= 11 is 0. The third kappa shape index (κ3) is 7.05. The van der Waals surface area contributed by atoms with Crippen molar-refractivity contribution in [3.8, 4) is 0 Å². The average molecular weight is 185 g/mol. The lowest BCUT2D eigenvalue weighted by atomic mass is 10.2. The first-order valence-corrected chi connectivity index (χ1v) is 4.24. The molecule has 13 heavy (non-hydrogen) atoms. The van der Waals surface area contributed by atoms with Crippen molar-refractivity contribution in [3.63, 3.8) is 0 Å². The maximum Gasteiger partial charge on any atom is 0.331 e. The maximum absolute atomic E-state index is 10.9. The lowest BCUT2D eigenvalue weighted by molar-refractivity contribution is -0.142. The summed E-state index contributed by atoms with van der Waals surface area (Å²) in [5, 5.41) is 0. The Kier molecular flexibility index (Phi) is 5.59. The molecule has 0 heterocycles. The molecule has 0 aliphatic heterocycles. The summed E-state index contributed by atoms with van der Waals surface area (Å²) in [4.78, 5) is 21.2. The molecule has 0 aromatic carbocycles. The van der Waals surface area contributed by atoms with Crippen molar-refractivity contribution in [1.29, 1.82) is 0 Å². The van der Waals surface area contributed by atoms with Crippen LogP contribution in [0, 0.1) is 0 Å². The van der Waals surface area contributed by atoms with E-state index in [9.17, 15) is 9.59 Å². The Morgan fingerprint density at radius 3 is 2.54 bits per heavy atom. The number of ether oxygens (including phenoxy) is 1. The van der Waals surface area contributed by atoms with E-state index >= 15 is 0 Å². The molecule has 0 bridgehead atoms. The monoisotopic (exact) mass is 185 g/mol. The number of carbonyl (C=O) groups excluding carboxylic acids is 2. The van der Waals surface area contributed by atoms with Crippen molar-refractivity contribution in [3.05, 3.63) is 12.2 Å². The van der Waals surface area contributed by atoms with Crippen LogP contribution in [0.3, 0.4) is 0 Å². The van der Waals surface area contributed by atoms with Crippen LogP contribution in [-0.2, 0) is 14.3 Å². The Labute approximate surface area is 77.7 Å². The number of hydrogen-bond acceptors (Lipinski definition) is 3. The van der Waals surface area contributed by atoms with Crippen LogP contribution in [0.4, 0.5) is 0 Å². The van der Waals surface area contributed by atoms with Crippen molar-refractivity contribution in [2.45, 2.75) is 32.8 Å². The molecule has 1 unspecified atom stereocenters. The fourth-order valence-corrected chi connectivity index (χ4v) is 0.853. The van der Waals surface area contributed by atoms with Gasteiger partial charge in [0.25, 0.3) is 0 Å². The fraction of sp³-hybridized carbons (Fsp3) is 0.556. The van der Waals surface area contributed by atoms with Crippen molar-refractivity contribution in [2.75, 3.05) is 0 Å². The second-order valence-electron chi connectivity index (χ2n) is 2.77. The van der Waals surface area contributed by atoms with Gasteiger partial charge in [-0.05, 0) is 13.3 Å². The van der Waals surface area contributed by atoms with Crippen LogP contribution in [0.2, 0.25) is 0 Å². The van der Waals surface area contributed by atoms with Gasteiger partial charge in [-0.25, -0.2) is 4.79 Å². The number of primary amides is 1. The Morgan fingerprint density at radius 2 is 2.08 bits per heavy atom. The van der Waals surface area contributed by atoms with Gasteiger partial charge in [-0.1, -0.05) is 13.3 Å². The highest BCUT2D eigenvalue weighted by atomic mass is 16.5. The zero-order valence-corrected chi connectivity index (χ0v) is 7.95. The average Bonchev–Trinajstić information content (AvgIpc) is 2.01. The van der Waals surface area contributed by atoms with Gasteiger partial charge in [0.15, 0.2) is 0 Å². The minimum atomic E-state index is -0.653. The van der Waals surface area contributed by atoms with Gasteiger partial charge in [0.1, 0.15) is 0 Å². The SMILES string of the molecule is CCCC(C)OC(=O)/C=C\C(N)=O. The molecule has 0 aliphatic carbocycles. The molecule has 0 rings (SSSR count). The Bertz CT molecular complexity index is 211. The third-order valence-electron chi connectivity index (χ3n) is 1.40. The van der Waals surface area contributed by atoms with E-state index in [0.29, 0.717) is 0 Å². The first-order chi connectivity index (χ1) is 6.06. The summed E-state index contributed by atoms with van der Waals surface area (Å²) in [6, 6.07) is 0. The molecule has 4 nitrogen and oxygen atoms in total. The Morgan fingerprint density at radius 1 is 1.46 bits per heavy atom. The summed E-state index contributed by atoms with van der Waals surface area (Å²) in [5.41, 5.74) is 4.80. The predicted octanol–water partition coefficient (Wildman–Crippen LogP) is 0.760. The Hall–Kier alpha value is -1.32. The van der Waals surface area contributed by atoms with Crippen LogP contribution in [0.1, 0.15) is 26.7 Å². The highest BCUT2D eigenvalue weighted by Crippen LogP contribution is 2.01. The van der Waals surface area contributed by atoms with Crippen LogP contribution in [0.5, 0.6) is 0 Å². The van der Waals surface area contributed by atoms with Gasteiger partial charge in [-0.3, -0.25) is 4.79 Å². The van der Waals surface area contributed by atoms with E-state index in [1.165, 1.54) is 0 Å². The molecule has 2 N–H and O–H groups in total. The highest BCUT2D eigenvalue weighted by Gasteiger charge is 2.04. The van der Waals surface area contributed by atoms with Crippen LogP contribution >= 0.6 is 0 Å². The van der Waals surface area contributed by atoms with Crippen molar-refractivity contribution in [1.82, 2.24) is 0 Å². The second-order valence-corrected chi connectivity index (χ2v) is 2.77. The Balaban J connectivity index is 3.80. The molecule has 0 saturated heterocycles. The van der Waals surface area contributed by atoms with Gasteiger partial charge in [-0.15, -0.1) is 0 Å². The minimum Gasteiger partial charge on any atom is -0.460 e. The van der Waals surface area contributed by atoms with E-state index in [1.54, 1.807) is 6.92 Å². The van der Waals surface area contributed by atoms with Crippen LogP contribution in [0.25, 0.3) is 0 Å². The predicted molar refractivity (Wildman–Crippen MR) is 48.8 cm³/mol. The van der Waals surface area contributed by atoms with E-state index in [0.717, 1.165) is 25.0 Å². The van der Waals surface area contributed by atoms with E-state index < -0.39 is 11.9 Å².